The minimum Gasteiger partial charge on any atom is -0.497 e. The first-order chi connectivity index (χ1) is 16.5. The molecule has 1 aliphatic rings. The van der Waals surface area contributed by atoms with Crippen LogP contribution in [0.1, 0.15) is 33.2 Å². The van der Waals surface area contributed by atoms with Crippen molar-refractivity contribution in [1.29, 1.82) is 0 Å². The molecule has 0 aliphatic carbocycles. The van der Waals surface area contributed by atoms with Crippen molar-refractivity contribution in [3.8, 4) is 5.75 Å². The molecule has 1 atom stereocenters. The van der Waals surface area contributed by atoms with Gasteiger partial charge in [-0.3, -0.25) is 9.59 Å². The van der Waals surface area contributed by atoms with Crippen LogP contribution in [0.5, 0.6) is 5.75 Å². The van der Waals surface area contributed by atoms with Crippen molar-refractivity contribution in [3.05, 3.63) is 101 Å². The number of methoxy groups -OCH3 is 1. The molecular weight excluding hydrogens is 433 g/mol. The smallest absolute Gasteiger partial charge is 0.272 e. The van der Waals surface area contributed by atoms with Gasteiger partial charge in [-0.2, -0.15) is 0 Å². The number of benzene rings is 3. The molecule has 1 aromatic heterocycles. The van der Waals surface area contributed by atoms with E-state index in [-0.39, 0.29) is 30.7 Å². The highest BCUT2D eigenvalue weighted by atomic mass is 19.1. The SMILES string of the molecule is COc1ccc([C@@H]2c3c(n(C)c4ccccc34)C(=O)N2CC(=O)NCc2cccc(F)c2)cc1. The molecule has 0 saturated heterocycles. The van der Waals surface area contributed by atoms with Crippen LogP contribution in [0.25, 0.3) is 10.9 Å². The highest BCUT2D eigenvalue weighted by molar-refractivity contribution is 6.07. The maximum atomic E-state index is 13.6. The molecule has 0 saturated carbocycles. The summed E-state index contributed by atoms with van der Waals surface area (Å²) in [6.45, 7) is 0.0650. The predicted octanol–water partition coefficient (Wildman–Crippen LogP) is 4.19. The van der Waals surface area contributed by atoms with Gasteiger partial charge in [0.25, 0.3) is 5.91 Å². The summed E-state index contributed by atoms with van der Waals surface area (Å²) in [6, 6.07) is 21.1. The molecule has 7 heteroatoms. The number of nitrogens with zero attached hydrogens (tertiary/aromatic N) is 2. The molecule has 1 aliphatic heterocycles. The van der Waals surface area contributed by atoms with E-state index >= 15 is 0 Å². The first kappa shape index (κ1) is 21.7. The molecule has 0 spiro atoms. The van der Waals surface area contributed by atoms with E-state index in [1.54, 1.807) is 24.1 Å². The third kappa shape index (κ3) is 3.69. The molecule has 2 heterocycles. The van der Waals surface area contributed by atoms with E-state index in [1.807, 2.05) is 60.1 Å². The third-order valence-corrected chi connectivity index (χ3v) is 6.32. The van der Waals surface area contributed by atoms with Crippen LogP contribution in [0.4, 0.5) is 4.39 Å². The van der Waals surface area contributed by atoms with Crippen LogP contribution in [0, 0.1) is 5.82 Å². The molecule has 0 bridgehead atoms. The molecule has 6 nitrogen and oxygen atoms in total. The molecule has 2 amide bonds. The summed E-state index contributed by atoms with van der Waals surface area (Å²) in [7, 11) is 3.48. The van der Waals surface area contributed by atoms with Crippen molar-refractivity contribution in [2.75, 3.05) is 13.7 Å². The van der Waals surface area contributed by atoms with Crippen molar-refractivity contribution in [2.24, 2.45) is 7.05 Å². The minimum absolute atomic E-state index is 0.117. The maximum Gasteiger partial charge on any atom is 0.272 e. The zero-order valence-electron chi connectivity index (χ0n) is 18.9. The zero-order valence-corrected chi connectivity index (χ0v) is 18.9. The summed E-state index contributed by atoms with van der Waals surface area (Å²) >= 11 is 0. The van der Waals surface area contributed by atoms with Crippen LogP contribution in [-0.4, -0.2) is 34.9 Å². The number of halogens is 1. The lowest BCUT2D eigenvalue weighted by atomic mass is 9.98. The van der Waals surface area contributed by atoms with Crippen molar-refractivity contribution < 1.29 is 18.7 Å². The molecular formula is C27H24FN3O3. The van der Waals surface area contributed by atoms with Gasteiger partial charge in [-0.05, 0) is 41.5 Å². The van der Waals surface area contributed by atoms with Gasteiger partial charge in [0.05, 0.1) is 13.2 Å². The third-order valence-electron chi connectivity index (χ3n) is 6.32. The molecule has 3 aromatic carbocycles. The standard InChI is InChI=1S/C27H24FN3O3/c1-30-22-9-4-3-8-21(22)24-25(18-10-12-20(34-2)13-11-18)31(27(33)26(24)30)16-23(32)29-15-17-6-5-7-19(28)14-17/h3-14,25H,15-16H2,1-2H3,(H,29,32)/t25-/m1/s1. The minimum atomic E-state index is -0.417. The van der Waals surface area contributed by atoms with Gasteiger partial charge in [-0.25, -0.2) is 4.39 Å². The van der Waals surface area contributed by atoms with Gasteiger partial charge < -0.3 is 19.5 Å². The lowest BCUT2D eigenvalue weighted by molar-refractivity contribution is -0.122. The van der Waals surface area contributed by atoms with Crippen LogP contribution < -0.4 is 10.1 Å². The number of carbonyl (C=O) groups excluding carboxylic acids is 2. The molecule has 5 rings (SSSR count). The Balaban J connectivity index is 1.49. The van der Waals surface area contributed by atoms with Crippen molar-refractivity contribution in [3.63, 3.8) is 0 Å². The number of hydrogen-bond acceptors (Lipinski definition) is 3. The summed E-state index contributed by atoms with van der Waals surface area (Å²) < 4.78 is 20.7. The average Bonchev–Trinajstić information content (AvgIpc) is 3.30. The summed E-state index contributed by atoms with van der Waals surface area (Å²) in [5, 5.41) is 3.79. The highest BCUT2D eigenvalue weighted by Crippen LogP contribution is 2.43. The second-order valence-corrected chi connectivity index (χ2v) is 8.35. The number of rotatable bonds is 6. The van der Waals surface area contributed by atoms with Gasteiger partial charge in [0, 0.05) is 30.1 Å². The van der Waals surface area contributed by atoms with E-state index in [0.29, 0.717) is 17.0 Å². The van der Waals surface area contributed by atoms with Crippen LogP contribution in [0.3, 0.4) is 0 Å². The lowest BCUT2D eigenvalue weighted by Crippen LogP contribution is -2.39. The molecule has 0 fully saturated rings. The van der Waals surface area contributed by atoms with E-state index in [4.69, 9.17) is 4.74 Å². The monoisotopic (exact) mass is 457 g/mol. The van der Waals surface area contributed by atoms with E-state index < -0.39 is 6.04 Å². The lowest BCUT2D eigenvalue weighted by Gasteiger charge is -2.26. The molecule has 0 radical (unpaired) electrons. The number of aryl methyl sites for hydroxylation is 1. The summed E-state index contributed by atoms with van der Waals surface area (Å²) in [5.74, 6) is -0.155. The zero-order chi connectivity index (χ0) is 23.8. The Morgan fingerprint density at radius 1 is 1.06 bits per heavy atom. The molecule has 0 unspecified atom stereocenters. The van der Waals surface area contributed by atoms with Gasteiger partial charge in [-0.15, -0.1) is 0 Å². The average molecular weight is 458 g/mol. The molecule has 172 valence electrons. The number of nitrogens with one attached hydrogen (secondary N) is 1. The van der Waals surface area contributed by atoms with Gasteiger partial charge in [-0.1, -0.05) is 42.5 Å². The maximum absolute atomic E-state index is 13.6. The topological polar surface area (TPSA) is 63.6 Å². The van der Waals surface area contributed by atoms with Gasteiger partial charge in [0.1, 0.15) is 23.8 Å². The number of ether oxygens (including phenoxy) is 1. The fourth-order valence-electron chi connectivity index (χ4n) is 4.72. The Hall–Kier alpha value is -4.13. The Morgan fingerprint density at radius 2 is 1.82 bits per heavy atom. The number of amides is 2. The van der Waals surface area contributed by atoms with E-state index in [1.165, 1.54) is 12.1 Å². The van der Waals surface area contributed by atoms with Crippen molar-refractivity contribution in [1.82, 2.24) is 14.8 Å². The number of carbonyl (C=O) groups is 2. The largest absolute Gasteiger partial charge is 0.497 e. The van der Waals surface area contributed by atoms with Crippen LogP contribution in [0.15, 0.2) is 72.8 Å². The van der Waals surface area contributed by atoms with Crippen molar-refractivity contribution >= 4 is 22.7 Å². The van der Waals surface area contributed by atoms with Gasteiger partial charge in [0.2, 0.25) is 5.91 Å². The normalized spacial score (nSPS) is 15.0. The fraction of sp³-hybridized carbons (Fsp3) is 0.185. The van der Waals surface area contributed by atoms with Crippen LogP contribution in [0.2, 0.25) is 0 Å². The van der Waals surface area contributed by atoms with E-state index in [2.05, 4.69) is 5.32 Å². The Bertz CT molecular complexity index is 1390. The number of aromatic nitrogens is 1. The summed E-state index contributed by atoms with van der Waals surface area (Å²) in [6.07, 6.45) is 0. The molecule has 4 aromatic rings. The summed E-state index contributed by atoms with van der Waals surface area (Å²) in [5.41, 5.74) is 3.99. The molecule has 1 N–H and O–H groups in total. The first-order valence-corrected chi connectivity index (χ1v) is 11.0. The number of para-hydroxylation sites is 1. The molecule has 34 heavy (non-hydrogen) atoms. The highest BCUT2D eigenvalue weighted by Gasteiger charge is 2.42. The Labute approximate surface area is 196 Å². The fourth-order valence-corrected chi connectivity index (χ4v) is 4.72. The van der Waals surface area contributed by atoms with Crippen molar-refractivity contribution in [2.45, 2.75) is 12.6 Å². The first-order valence-electron chi connectivity index (χ1n) is 11.0. The quantitative estimate of drug-likeness (QED) is 0.472. The van der Waals surface area contributed by atoms with Gasteiger partial charge >= 0.3 is 0 Å². The Kier molecular flexibility index (Phi) is 5.53. The van der Waals surface area contributed by atoms with E-state index in [9.17, 15) is 14.0 Å². The second kappa shape index (κ2) is 8.67. The second-order valence-electron chi connectivity index (χ2n) is 8.35. The predicted molar refractivity (Wildman–Crippen MR) is 127 cm³/mol. The Morgan fingerprint density at radius 3 is 2.56 bits per heavy atom. The summed E-state index contributed by atoms with van der Waals surface area (Å²) in [4.78, 5) is 28.1. The number of fused-ring (bicyclic) bond motifs is 3. The number of hydrogen-bond donors (Lipinski definition) is 1. The van der Waals surface area contributed by atoms with Gasteiger partial charge in [0.15, 0.2) is 0 Å². The van der Waals surface area contributed by atoms with E-state index in [0.717, 1.165) is 22.0 Å². The van der Waals surface area contributed by atoms with Crippen LogP contribution in [-0.2, 0) is 18.4 Å². The van der Waals surface area contributed by atoms with Crippen LogP contribution >= 0.6 is 0 Å².